The number of esters is 1. The van der Waals surface area contributed by atoms with E-state index in [0.29, 0.717) is 28.9 Å². The highest BCUT2D eigenvalue weighted by Gasteiger charge is 2.36. The Balaban J connectivity index is 2.21. The third kappa shape index (κ3) is 2.49. The van der Waals surface area contributed by atoms with E-state index >= 15 is 0 Å². The highest BCUT2D eigenvalue weighted by Crippen LogP contribution is 2.46. The molecule has 1 heterocycles. The van der Waals surface area contributed by atoms with Crippen LogP contribution in [-0.2, 0) is 9.53 Å². The molecule has 0 bridgehead atoms. The quantitative estimate of drug-likeness (QED) is 0.813. The van der Waals surface area contributed by atoms with Crippen LogP contribution in [-0.4, -0.2) is 29.1 Å². The fourth-order valence-electron chi connectivity index (χ4n) is 3.17. The number of hydrogen-bond donors (Lipinski definition) is 2. The number of rotatable bonds is 2. The summed E-state index contributed by atoms with van der Waals surface area (Å²) >= 11 is 0. The van der Waals surface area contributed by atoms with Gasteiger partial charge in [0.2, 0.25) is 0 Å². The number of aromatic hydroxyl groups is 1. The summed E-state index contributed by atoms with van der Waals surface area (Å²) in [6, 6.07) is 1.34. The molecule has 6 heteroatoms. The lowest BCUT2D eigenvalue weighted by Gasteiger charge is -2.30. The van der Waals surface area contributed by atoms with E-state index < -0.39 is 18.2 Å². The van der Waals surface area contributed by atoms with E-state index in [2.05, 4.69) is 0 Å². The first-order valence-corrected chi connectivity index (χ1v) is 7.46. The van der Waals surface area contributed by atoms with Gasteiger partial charge < -0.3 is 19.7 Å². The molecule has 1 aromatic carbocycles. The number of benzene rings is 1. The van der Waals surface area contributed by atoms with Crippen LogP contribution in [0.25, 0.3) is 0 Å². The molecule has 0 radical (unpaired) electrons. The van der Waals surface area contributed by atoms with Crippen LogP contribution < -0.4 is 4.74 Å². The minimum Gasteiger partial charge on any atom is -0.507 e. The van der Waals surface area contributed by atoms with Crippen LogP contribution in [0.5, 0.6) is 11.5 Å². The molecule has 3 rings (SSSR count). The number of cyclic esters (lactones) is 1. The molecule has 2 N–H and O–H groups in total. The number of Topliss-reactive ketones (excluding diaryl/α,β-unsaturated/α-hetero) is 1. The molecule has 23 heavy (non-hydrogen) atoms. The van der Waals surface area contributed by atoms with Gasteiger partial charge in [-0.3, -0.25) is 4.79 Å². The monoisotopic (exact) mass is 318 g/mol. The number of ketones is 1. The van der Waals surface area contributed by atoms with Crippen molar-refractivity contribution in [1.82, 2.24) is 0 Å². The van der Waals surface area contributed by atoms with Crippen molar-refractivity contribution in [3.63, 3.8) is 0 Å². The molecule has 1 aliphatic heterocycles. The molecule has 0 amide bonds. The fourth-order valence-corrected chi connectivity index (χ4v) is 3.17. The SMILES string of the molecule is COc1cc(O)c2c(c1C1CC=C(C)C(=O)O1)C(O)CCC2=O. The standard InChI is InChI=1S/C17H18O6/c1-8-3-6-12(23-17(8)21)16-13(22-2)7-11(20)14-9(18)4-5-10(19)15(14)16/h3,7,10,12,19-20H,4-6H2,1-2H3. The van der Waals surface area contributed by atoms with Crippen LogP contribution in [0.2, 0.25) is 0 Å². The Morgan fingerprint density at radius 1 is 1.30 bits per heavy atom. The fraction of sp³-hybridized carbons (Fsp3) is 0.412. The Morgan fingerprint density at radius 3 is 2.70 bits per heavy atom. The maximum Gasteiger partial charge on any atom is 0.334 e. The number of methoxy groups -OCH3 is 1. The summed E-state index contributed by atoms with van der Waals surface area (Å²) in [5, 5.41) is 20.5. The maximum absolute atomic E-state index is 12.2. The molecule has 0 saturated carbocycles. The number of phenolic OH excluding ortho intramolecular Hbond substituents is 1. The van der Waals surface area contributed by atoms with Gasteiger partial charge in [0, 0.05) is 35.6 Å². The predicted octanol–water partition coefficient (Wildman–Crippen LogP) is 2.34. The van der Waals surface area contributed by atoms with Crippen molar-refractivity contribution in [3.05, 3.63) is 34.4 Å². The number of ether oxygens (including phenoxy) is 2. The van der Waals surface area contributed by atoms with Crippen molar-refractivity contribution in [1.29, 1.82) is 0 Å². The first kappa shape index (κ1) is 15.6. The topological polar surface area (TPSA) is 93.1 Å². The zero-order chi connectivity index (χ0) is 16.7. The largest absolute Gasteiger partial charge is 0.507 e. The number of hydrogen-bond acceptors (Lipinski definition) is 6. The molecular formula is C17H18O6. The molecule has 1 aromatic rings. The summed E-state index contributed by atoms with van der Waals surface area (Å²) in [6.07, 6.45) is 1.04. The first-order chi connectivity index (χ1) is 10.9. The van der Waals surface area contributed by atoms with E-state index in [1.165, 1.54) is 13.2 Å². The van der Waals surface area contributed by atoms with Crippen LogP contribution in [0.4, 0.5) is 0 Å². The molecule has 6 nitrogen and oxygen atoms in total. The van der Waals surface area contributed by atoms with Gasteiger partial charge >= 0.3 is 5.97 Å². The minimum absolute atomic E-state index is 0.0990. The number of fused-ring (bicyclic) bond motifs is 1. The lowest BCUT2D eigenvalue weighted by atomic mass is 9.81. The highest BCUT2D eigenvalue weighted by molar-refractivity contribution is 6.02. The summed E-state index contributed by atoms with van der Waals surface area (Å²) in [6.45, 7) is 1.67. The van der Waals surface area contributed by atoms with Gasteiger partial charge in [0.25, 0.3) is 0 Å². The number of phenols is 1. The van der Waals surface area contributed by atoms with Crippen LogP contribution in [0.3, 0.4) is 0 Å². The summed E-state index contributed by atoms with van der Waals surface area (Å²) < 4.78 is 10.7. The predicted molar refractivity (Wildman–Crippen MR) is 80.4 cm³/mol. The zero-order valence-corrected chi connectivity index (χ0v) is 13.0. The Labute approximate surface area is 133 Å². The third-order valence-electron chi connectivity index (χ3n) is 4.36. The Bertz CT molecular complexity index is 718. The second-order valence-corrected chi connectivity index (χ2v) is 5.79. The minimum atomic E-state index is -0.913. The van der Waals surface area contributed by atoms with E-state index in [9.17, 15) is 19.8 Å². The van der Waals surface area contributed by atoms with Gasteiger partial charge in [-0.25, -0.2) is 4.79 Å². The van der Waals surface area contributed by atoms with Crippen LogP contribution >= 0.6 is 0 Å². The van der Waals surface area contributed by atoms with E-state index in [0.717, 1.165) is 0 Å². The number of aliphatic hydroxyl groups excluding tert-OH is 1. The van der Waals surface area contributed by atoms with Crippen molar-refractivity contribution in [2.75, 3.05) is 7.11 Å². The number of carbonyl (C=O) groups is 2. The second-order valence-electron chi connectivity index (χ2n) is 5.79. The number of carbonyl (C=O) groups excluding carboxylic acids is 2. The molecule has 0 spiro atoms. The Morgan fingerprint density at radius 2 is 2.04 bits per heavy atom. The Kier molecular flexibility index (Phi) is 3.85. The molecule has 2 unspecified atom stereocenters. The van der Waals surface area contributed by atoms with Crippen LogP contribution in [0.15, 0.2) is 17.7 Å². The summed E-state index contributed by atoms with van der Waals surface area (Å²) in [5.41, 5.74) is 1.38. The third-order valence-corrected chi connectivity index (χ3v) is 4.36. The highest BCUT2D eigenvalue weighted by atomic mass is 16.5. The Hall–Kier alpha value is -2.34. The average molecular weight is 318 g/mol. The van der Waals surface area contributed by atoms with E-state index in [1.807, 2.05) is 0 Å². The molecule has 1 aliphatic carbocycles. The molecule has 0 aromatic heterocycles. The average Bonchev–Trinajstić information content (AvgIpc) is 2.53. The van der Waals surface area contributed by atoms with Gasteiger partial charge in [0.15, 0.2) is 5.78 Å². The maximum atomic E-state index is 12.2. The normalized spacial score (nSPS) is 23.9. The molecule has 122 valence electrons. The van der Waals surface area contributed by atoms with Crippen LogP contribution in [0.1, 0.15) is 59.9 Å². The smallest absolute Gasteiger partial charge is 0.334 e. The van der Waals surface area contributed by atoms with Crippen molar-refractivity contribution < 1.29 is 29.3 Å². The van der Waals surface area contributed by atoms with Gasteiger partial charge in [0.05, 0.1) is 18.8 Å². The summed E-state index contributed by atoms with van der Waals surface area (Å²) in [5.74, 6) is -0.610. The summed E-state index contributed by atoms with van der Waals surface area (Å²) in [4.78, 5) is 24.0. The van der Waals surface area contributed by atoms with E-state index in [-0.39, 0.29) is 29.9 Å². The van der Waals surface area contributed by atoms with Crippen LogP contribution in [0, 0.1) is 0 Å². The molecule has 0 saturated heterocycles. The van der Waals surface area contributed by atoms with Gasteiger partial charge in [-0.15, -0.1) is 0 Å². The summed E-state index contributed by atoms with van der Waals surface area (Å²) in [7, 11) is 1.42. The lowest BCUT2D eigenvalue weighted by molar-refractivity contribution is -0.146. The van der Waals surface area contributed by atoms with Gasteiger partial charge in [-0.2, -0.15) is 0 Å². The molecule has 0 fully saturated rings. The van der Waals surface area contributed by atoms with Gasteiger partial charge in [0.1, 0.15) is 17.6 Å². The van der Waals surface area contributed by atoms with Crippen molar-refractivity contribution in [2.45, 2.75) is 38.4 Å². The lowest BCUT2D eigenvalue weighted by Crippen LogP contribution is -2.23. The molecule has 2 atom stereocenters. The second kappa shape index (κ2) is 5.70. The molecule has 2 aliphatic rings. The number of aliphatic hydroxyl groups is 1. The van der Waals surface area contributed by atoms with Crippen molar-refractivity contribution in [2.24, 2.45) is 0 Å². The van der Waals surface area contributed by atoms with E-state index in [4.69, 9.17) is 9.47 Å². The molecular weight excluding hydrogens is 300 g/mol. The van der Waals surface area contributed by atoms with Crippen molar-refractivity contribution >= 4 is 11.8 Å². The van der Waals surface area contributed by atoms with Gasteiger partial charge in [-0.05, 0) is 13.3 Å². The first-order valence-electron chi connectivity index (χ1n) is 7.46. The van der Waals surface area contributed by atoms with Crippen molar-refractivity contribution in [3.8, 4) is 11.5 Å². The zero-order valence-electron chi connectivity index (χ0n) is 13.0. The van der Waals surface area contributed by atoms with Gasteiger partial charge in [-0.1, -0.05) is 6.08 Å². The van der Waals surface area contributed by atoms with E-state index in [1.54, 1.807) is 13.0 Å².